The van der Waals surface area contributed by atoms with Gasteiger partial charge in [0.2, 0.25) is 0 Å². The summed E-state index contributed by atoms with van der Waals surface area (Å²) in [6.07, 6.45) is 5.24. The molecule has 0 aliphatic heterocycles. The minimum Gasteiger partial charge on any atom is -0.492 e. The molecule has 4 rings (SSSR count). The van der Waals surface area contributed by atoms with E-state index in [4.69, 9.17) is 4.74 Å². The average Bonchev–Trinajstić information content (AvgIpc) is 2.89. The van der Waals surface area contributed by atoms with E-state index in [-0.39, 0.29) is 12.4 Å². The van der Waals surface area contributed by atoms with Gasteiger partial charge in [-0.1, -0.05) is 67.8 Å². The van der Waals surface area contributed by atoms with Gasteiger partial charge in [-0.3, -0.25) is 0 Å². The molecule has 0 saturated heterocycles. The van der Waals surface area contributed by atoms with Crippen LogP contribution < -0.4 is 15.4 Å². The average molecular weight is 511 g/mol. The molecule has 0 bridgehead atoms. The zero-order chi connectivity index (χ0) is 24.5. The first-order chi connectivity index (χ1) is 17.1. The van der Waals surface area contributed by atoms with E-state index in [2.05, 4.69) is 10.6 Å². The Morgan fingerprint density at radius 3 is 2.33 bits per heavy atom. The smallest absolute Gasteiger partial charge is 0.337 e. The molecule has 6 nitrogen and oxygen atoms in total. The Morgan fingerprint density at radius 2 is 1.64 bits per heavy atom. The molecule has 0 heterocycles. The summed E-state index contributed by atoms with van der Waals surface area (Å²) in [5, 5.41) is 26.5. The Morgan fingerprint density at radius 1 is 0.944 bits per heavy atom. The number of carbonyl (C=O) groups is 1. The Bertz CT molecular complexity index is 1090. The Hall–Kier alpha value is -3.06. The van der Waals surface area contributed by atoms with Crippen LogP contribution in [0.3, 0.4) is 0 Å². The van der Waals surface area contributed by atoms with E-state index in [0.29, 0.717) is 37.0 Å². The number of halogens is 1. The molecule has 3 aromatic carbocycles. The molecule has 1 aliphatic rings. The summed E-state index contributed by atoms with van der Waals surface area (Å²) in [5.41, 5.74) is 3.86. The van der Waals surface area contributed by atoms with Crippen LogP contribution in [0.15, 0.2) is 72.8 Å². The minimum absolute atomic E-state index is 0. The first-order valence-electron chi connectivity index (χ1n) is 12.4. The topological polar surface area (TPSA) is 90.8 Å². The Labute approximate surface area is 219 Å². The van der Waals surface area contributed by atoms with Gasteiger partial charge in [0, 0.05) is 24.8 Å². The van der Waals surface area contributed by atoms with E-state index in [1.54, 1.807) is 6.07 Å². The highest BCUT2D eigenvalue weighted by atomic mass is 35.5. The number of aliphatic hydroxyl groups excluding tert-OH is 1. The van der Waals surface area contributed by atoms with Gasteiger partial charge >= 0.3 is 5.97 Å². The Balaban J connectivity index is 0.00000361. The van der Waals surface area contributed by atoms with Crippen molar-refractivity contribution in [2.45, 2.75) is 44.2 Å². The summed E-state index contributed by atoms with van der Waals surface area (Å²) in [6.45, 7) is 1.58. The highest BCUT2D eigenvalue weighted by Gasteiger charge is 2.17. The van der Waals surface area contributed by atoms with Crippen molar-refractivity contribution in [1.82, 2.24) is 5.32 Å². The van der Waals surface area contributed by atoms with E-state index in [9.17, 15) is 15.0 Å². The molecule has 0 spiro atoms. The summed E-state index contributed by atoms with van der Waals surface area (Å²) in [4.78, 5) is 11.7. The molecule has 192 valence electrons. The van der Waals surface area contributed by atoms with Crippen molar-refractivity contribution in [1.29, 1.82) is 0 Å². The summed E-state index contributed by atoms with van der Waals surface area (Å²) in [6, 6.07) is 23.2. The summed E-state index contributed by atoms with van der Waals surface area (Å²) < 4.78 is 5.83. The quantitative estimate of drug-likeness (QED) is 0.239. The van der Waals surface area contributed by atoms with Crippen molar-refractivity contribution < 1.29 is 19.7 Å². The largest absolute Gasteiger partial charge is 0.492 e. The van der Waals surface area contributed by atoms with Crippen molar-refractivity contribution in [3.63, 3.8) is 0 Å². The third kappa shape index (κ3) is 7.72. The van der Waals surface area contributed by atoms with Crippen LogP contribution in [0.5, 0.6) is 5.75 Å². The van der Waals surface area contributed by atoms with Gasteiger partial charge in [-0.2, -0.15) is 0 Å². The monoisotopic (exact) mass is 510 g/mol. The van der Waals surface area contributed by atoms with Crippen LogP contribution in [-0.2, 0) is 0 Å². The number of benzene rings is 3. The first-order valence-corrected chi connectivity index (χ1v) is 12.4. The maximum Gasteiger partial charge on any atom is 0.337 e. The maximum absolute atomic E-state index is 11.7. The molecule has 7 heteroatoms. The number of aliphatic hydroxyl groups is 1. The van der Waals surface area contributed by atoms with E-state index < -0.39 is 12.1 Å². The zero-order valence-electron chi connectivity index (χ0n) is 20.4. The SMILES string of the molecule is Cl.O=C(O)c1ccc(-c2ccc(OCCNC[C@H](O)c3ccccc3)cc2)cc1NC1CCCCC1. The highest BCUT2D eigenvalue weighted by Crippen LogP contribution is 2.30. The molecule has 1 aliphatic carbocycles. The number of hydrogen-bond donors (Lipinski definition) is 4. The highest BCUT2D eigenvalue weighted by molar-refractivity contribution is 5.95. The zero-order valence-corrected chi connectivity index (χ0v) is 21.2. The van der Waals surface area contributed by atoms with E-state index in [1.807, 2.05) is 66.7 Å². The number of hydrogen-bond acceptors (Lipinski definition) is 5. The second-order valence-electron chi connectivity index (χ2n) is 9.05. The molecular formula is C29H35ClN2O4. The van der Waals surface area contributed by atoms with Gasteiger partial charge in [0.1, 0.15) is 12.4 Å². The normalized spacial score (nSPS) is 14.5. The van der Waals surface area contributed by atoms with Gasteiger partial charge in [0.05, 0.1) is 11.7 Å². The maximum atomic E-state index is 11.7. The van der Waals surface area contributed by atoms with Crippen LogP contribution >= 0.6 is 12.4 Å². The van der Waals surface area contributed by atoms with Gasteiger partial charge in [-0.15, -0.1) is 12.4 Å². The van der Waals surface area contributed by atoms with Crippen molar-refractivity contribution in [2.75, 3.05) is 25.0 Å². The fourth-order valence-corrected chi connectivity index (χ4v) is 4.51. The fraction of sp³-hybridized carbons (Fsp3) is 0.345. The predicted octanol–water partition coefficient (Wildman–Crippen LogP) is 5.92. The molecule has 1 atom stereocenters. The van der Waals surface area contributed by atoms with Crippen LogP contribution in [0.4, 0.5) is 5.69 Å². The van der Waals surface area contributed by atoms with E-state index in [0.717, 1.165) is 35.3 Å². The second kappa shape index (κ2) is 13.9. The van der Waals surface area contributed by atoms with Gasteiger partial charge < -0.3 is 25.6 Å². The molecule has 36 heavy (non-hydrogen) atoms. The number of rotatable bonds is 11. The van der Waals surface area contributed by atoms with Gasteiger partial charge in [0.15, 0.2) is 0 Å². The minimum atomic E-state index is -0.913. The van der Waals surface area contributed by atoms with Gasteiger partial charge in [-0.25, -0.2) is 4.79 Å². The summed E-state index contributed by atoms with van der Waals surface area (Å²) in [7, 11) is 0. The standard InChI is InChI=1S/C29H34N2O4.ClH/c32-28(22-7-3-1-4-8-22)20-30-17-18-35-25-14-11-21(12-15-25)23-13-16-26(29(33)34)27(19-23)31-24-9-5-2-6-10-24;/h1,3-4,7-8,11-16,19,24,28,30-32H,2,5-6,9-10,17-18,20H2,(H,33,34);1H/t28-;/m0./s1. The molecule has 0 amide bonds. The molecule has 0 aromatic heterocycles. The molecule has 3 aromatic rings. The van der Waals surface area contributed by atoms with E-state index in [1.165, 1.54) is 19.3 Å². The number of carboxylic acid groups (broad SMARTS) is 1. The fourth-order valence-electron chi connectivity index (χ4n) is 4.51. The van der Waals surface area contributed by atoms with Crippen molar-refractivity contribution in [2.24, 2.45) is 0 Å². The predicted molar refractivity (Wildman–Crippen MR) is 146 cm³/mol. The molecule has 0 unspecified atom stereocenters. The van der Waals surface area contributed by atoms with Crippen molar-refractivity contribution in [3.05, 3.63) is 83.9 Å². The third-order valence-corrected chi connectivity index (χ3v) is 6.47. The number of anilines is 1. The lowest BCUT2D eigenvalue weighted by Crippen LogP contribution is -2.26. The molecular weight excluding hydrogens is 476 g/mol. The van der Waals surface area contributed by atoms with Crippen LogP contribution in [0, 0.1) is 0 Å². The lowest BCUT2D eigenvalue weighted by Gasteiger charge is -2.25. The van der Waals surface area contributed by atoms with Crippen molar-refractivity contribution >= 4 is 24.1 Å². The van der Waals surface area contributed by atoms with E-state index >= 15 is 0 Å². The first kappa shape index (κ1) is 27.5. The lowest BCUT2D eigenvalue weighted by atomic mass is 9.94. The van der Waals surface area contributed by atoms with Crippen molar-refractivity contribution in [3.8, 4) is 16.9 Å². The lowest BCUT2D eigenvalue weighted by molar-refractivity contribution is 0.0698. The third-order valence-electron chi connectivity index (χ3n) is 6.47. The Kier molecular flexibility index (Phi) is 10.6. The molecule has 1 fully saturated rings. The number of carboxylic acids is 1. The van der Waals surface area contributed by atoms with Crippen LogP contribution in [0.25, 0.3) is 11.1 Å². The number of aromatic carboxylic acids is 1. The number of ether oxygens (including phenoxy) is 1. The van der Waals surface area contributed by atoms with Gasteiger partial charge in [0.25, 0.3) is 0 Å². The van der Waals surface area contributed by atoms with Crippen LogP contribution in [-0.4, -0.2) is 41.9 Å². The molecule has 4 N–H and O–H groups in total. The number of nitrogens with one attached hydrogen (secondary N) is 2. The van der Waals surface area contributed by atoms with Gasteiger partial charge in [-0.05, 0) is 53.8 Å². The molecule has 0 radical (unpaired) electrons. The second-order valence-corrected chi connectivity index (χ2v) is 9.05. The molecule has 1 saturated carbocycles. The summed E-state index contributed by atoms with van der Waals surface area (Å²) in [5.74, 6) is -0.148. The van der Waals surface area contributed by atoms with Crippen LogP contribution in [0.1, 0.15) is 54.1 Å². The van der Waals surface area contributed by atoms with Crippen LogP contribution in [0.2, 0.25) is 0 Å². The summed E-state index contributed by atoms with van der Waals surface area (Å²) >= 11 is 0.